The summed E-state index contributed by atoms with van der Waals surface area (Å²) < 4.78 is 0. The molecule has 0 aliphatic heterocycles. The van der Waals surface area contributed by atoms with Gasteiger partial charge in [-0.3, -0.25) is 28.8 Å². The standard InChI is InChI=1S/C19H30N4O11/c1-3-8(2)15(23-16(30)9(20)6-13(26)27)18(32)21-10(4-5-12(24)25)17(31)22-11(19(33)34)7-14(28)29/h8-11,15H,3-7,20H2,1-2H3,(H,21,32)(H,22,31)(H,23,30)(H,24,25)(H,26,27)(H,28,29)(H,33,34). The third kappa shape index (κ3) is 11.2. The van der Waals surface area contributed by atoms with Gasteiger partial charge in [0.15, 0.2) is 0 Å². The molecule has 0 aromatic carbocycles. The van der Waals surface area contributed by atoms with Crippen LogP contribution < -0.4 is 21.7 Å². The van der Waals surface area contributed by atoms with Crippen molar-refractivity contribution in [2.75, 3.05) is 0 Å². The molecule has 0 aliphatic rings. The predicted octanol–water partition coefficient (Wildman–Crippen LogP) is -2.29. The second-order valence-electron chi connectivity index (χ2n) is 7.57. The average Bonchev–Trinajstić information content (AvgIpc) is 2.72. The van der Waals surface area contributed by atoms with Crippen LogP contribution in [0.1, 0.15) is 46.0 Å². The molecule has 0 saturated heterocycles. The van der Waals surface area contributed by atoms with E-state index < -0.39 is 97.4 Å². The van der Waals surface area contributed by atoms with E-state index in [-0.39, 0.29) is 0 Å². The summed E-state index contributed by atoms with van der Waals surface area (Å²) in [4.78, 5) is 81.4. The smallest absolute Gasteiger partial charge is 0.326 e. The molecular formula is C19H30N4O11. The Bertz CT molecular complexity index is 801. The zero-order valence-electron chi connectivity index (χ0n) is 18.6. The molecule has 34 heavy (non-hydrogen) atoms. The minimum atomic E-state index is -1.84. The molecule has 0 fully saturated rings. The molecule has 0 saturated carbocycles. The van der Waals surface area contributed by atoms with Crippen LogP contribution in [0.15, 0.2) is 0 Å². The first-order chi connectivity index (χ1) is 15.7. The molecule has 3 amide bonds. The highest BCUT2D eigenvalue weighted by atomic mass is 16.4. The number of rotatable bonds is 16. The lowest BCUT2D eigenvalue weighted by Gasteiger charge is -2.27. The molecule has 5 atom stereocenters. The number of carbonyl (C=O) groups excluding carboxylic acids is 3. The van der Waals surface area contributed by atoms with E-state index >= 15 is 0 Å². The normalized spacial score (nSPS) is 15.0. The number of amides is 3. The van der Waals surface area contributed by atoms with Gasteiger partial charge in [0.05, 0.1) is 18.9 Å². The summed E-state index contributed by atoms with van der Waals surface area (Å²) in [6.07, 6.45) is -2.37. The molecule has 15 heteroatoms. The lowest BCUT2D eigenvalue weighted by molar-refractivity contribution is -0.147. The van der Waals surface area contributed by atoms with E-state index in [1.165, 1.54) is 0 Å². The van der Waals surface area contributed by atoms with E-state index in [9.17, 15) is 33.6 Å². The fraction of sp³-hybridized carbons (Fsp3) is 0.632. The summed E-state index contributed by atoms with van der Waals surface area (Å²) in [6.45, 7) is 3.26. The van der Waals surface area contributed by atoms with Gasteiger partial charge in [-0.2, -0.15) is 0 Å². The van der Waals surface area contributed by atoms with Crippen molar-refractivity contribution in [1.82, 2.24) is 16.0 Å². The van der Waals surface area contributed by atoms with Crippen molar-refractivity contribution in [3.63, 3.8) is 0 Å². The molecule has 15 nitrogen and oxygen atoms in total. The van der Waals surface area contributed by atoms with Crippen LogP contribution in [0.5, 0.6) is 0 Å². The molecular weight excluding hydrogens is 460 g/mol. The maximum Gasteiger partial charge on any atom is 0.326 e. The molecule has 0 bridgehead atoms. The highest BCUT2D eigenvalue weighted by Gasteiger charge is 2.33. The van der Waals surface area contributed by atoms with E-state index in [0.29, 0.717) is 6.42 Å². The van der Waals surface area contributed by atoms with Crippen molar-refractivity contribution in [2.24, 2.45) is 11.7 Å². The Morgan fingerprint density at radius 3 is 1.71 bits per heavy atom. The van der Waals surface area contributed by atoms with Gasteiger partial charge in [0.2, 0.25) is 17.7 Å². The molecule has 0 heterocycles. The fourth-order valence-corrected chi connectivity index (χ4v) is 2.69. The van der Waals surface area contributed by atoms with Crippen molar-refractivity contribution in [3.05, 3.63) is 0 Å². The van der Waals surface area contributed by atoms with Gasteiger partial charge in [0, 0.05) is 6.42 Å². The van der Waals surface area contributed by atoms with Crippen LogP contribution in [0.25, 0.3) is 0 Å². The minimum absolute atomic E-state index is 0.359. The van der Waals surface area contributed by atoms with Gasteiger partial charge in [-0.05, 0) is 12.3 Å². The van der Waals surface area contributed by atoms with Crippen molar-refractivity contribution >= 4 is 41.6 Å². The number of aliphatic carboxylic acids is 4. The second kappa shape index (κ2) is 14.4. The Morgan fingerprint density at radius 1 is 0.735 bits per heavy atom. The van der Waals surface area contributed by atoms with Crippen LogP contribution in [0.4, 0.5) is 0 Å². The molecule has 0 rings (SSSR count). The molecule has 9 N–H and O–H groups in total. The zero-order valence-corrected chi connectivity index (χ0v) is 18.6. The zero-order chi connectivity index (χ0) is 26.6. The summed E-state index contributed by atoms with van der Waals surface area (Å²) in [6, 6.07) is -6.16. The molecule has 5 unspecified atom stereocenters. The lowest BCUT2D eigenvalue weighted by atomic mass is 9.97. The van der Waals surface area contributed by atoms with Crippen LogP contribution in [-0.4, -0.2) is 86.2 Å². The largest absolute Gasteiger partial charge is 0.481 e. The van der Waals surface area contributed by atoms with Crippen LogP contribution in [0, 0.1) is 5.92 Å². The van der Waals surface area contributed by atoms with Crippen molar-refractivity contribution < 1.29 is 54.0 Å². The highest BCUT2D eigenvalue weighted by Crippen LogP contribution is 2.10. The minimum Gasteiger partial charge on any atom is -0.481 e. The van der Waals surface area contributed by atoms with Gasteiger partial charge >= 0.3 is 23.9 Å². The summed E-state index contributed by atoms with van der Waals surface area (Å²) in [7, 11) is 0. The first-order valence-corrected chi connectivity index (χ1v) is 10.2. The molecule has 0 radical (unpaired) electrons. The number of nitrogens with one attached hydrogen (secondary N) is 3. The Kier molecular flexibility index (Phi) is 12.8. The number of hydrogen-bond donors (Lipinski definition) is 8. The maximum atomic E-state index is 12.9. The van der Waals surface area contributed by atoms with Gasteiger partial charge < -0.3 is 42.1 Å². The SMILES string of the molecule is CCC(C)C(NC(=O)C(N)CC(=O)O)C(=O)NC(CCC(=O)O)C(=O)NC(CC(=O)O)C(=O)O. The average molecular weight is 490 g/mol. The molecule has 192 valence electrons. The van der Waals surface area contributed by atoms with Gasteiger partial charge in [-0.15, -0.1) is 0 Å². The third-order valence-electron chi connectivity index (χ3n) is 4.80. The molecule has 0 aromatic rings. The van der Waals surface area contributed by atoms with E-state index in [2.05, 4.69) is 10.6 Å². The second-order valence-corrected chi connectivity index (χ2v) is 7.57. The van der Waals surface area contributed by atoms with Crippen molar-refractivity contribution in [1.29, 1.82) is 0 Å². The Hall–Kier alpha value is -3.75. The van der Waals surface area contributed by atoms with Gasteiger partial charge in [-0.1, -0.05) is 20.3 Å². The molecule has 0 aliphatic carbocycles. The highest BCUT2D eigenvalue weighted by molar-refractivity contribution is 5.95. The number of carbonyl (C=O) groups is 7. The maximum absolute atomic E-state index is 12.9. The summed E-state index contributed by atoms with van der Waals surface area (Å²) in [5.41, 5.74) is 5.50. The number of carboxylic acid groups (broad SMARTS) is 4. The van der Waals surface area contributed by atoms with E-state index in [1.54, 1.807) is 13.8 Å². The van der Waals surface area contributed by atoms with E-state index in [4.69, 9.17) is 26.2 Å². The van der Waals surface area contributed by atoms with Crippen molar-refractivity contribution in [2.45, 2.75) is 70.1 Å². The first kappa shape index (κ1) is 30.2. The Balaban J connectivity index is 5.66. The summed E-state index contributed by atoms with van der Waals surface area (Å²) >= 11 is 0. The van der Waals surface area contributed by atoms with Crippen LogP contribution in [0.3, 0.4) is 0 Å². The van der Waals surface area contributed by atoms with Crippen LogP contribution in [-0.2, 0) is 33.6 Å². The lowest BCUT2D eigenvalue weighted by Crippen LogP contribution is -2.58. The van der Waals surface area contributed by atoms with E-state index in [1.807, 2.05) is 5.32 Å². The first-order valence-electron chi connectivity index (χ1n) is 10.2. The molecule has 0 spiro atoms. The topological polar surface area (TPSA) is 263 Å². The molecule has 0 aromatic heterocycles. The van der Waals surface area contributed by atoms with E-state index in [0.717, 1.165) is 0 Å². The number of hydrogen-bond acceptors (Lipinski definition) is 8. The van der Waals surface area contributed by atoms with Gasteiger partial charge in [0.1, 0.15) is 18.1 Å². The summed E-state index contributed by atoms with van der Waals surface area (Å²) in [5, 5.41) is 42.1. The Morgan fingerprint density at radius 2 is 1.26 bits per heavy atom. The fourth-order valence-electron chi connectivity index (χ4n) is 2.69. The number of carboxylic acids is 4. The van der Waals surface area contributed by atoms with Gasteiger partial charge in [-0.25, -0.2) is 4.79 Å². The third-order valence-corrected chi connectivity index (χ3v) is 4.80. The quantitative estimate of drug-likeness (QED) is 0.114. The number of nitrogens with two attached hydrogens (primary N) is 1. The monoisotopic (exact) mass is 490 g/mol. The Labute approximate surface area is 194 Å². The summed E-state index contributed by atoms with van der Waals surface area (Å²) in [5.74, 6) is -9.37. The van der Waals surface area contributed by atoms with Gasteiger partial charge in [0.25, 0.3) is 0 Å². The van der Waals surface area contributed by atoms with Crippen molar-refractivity contribution in [3.8, 4) is 0 Å². The van der Waals surface area contributed by atoms with Crippen LogP contribution in [0.2, 0.25) is 0 Å². The predicted molar refractivity (Wildman–Crippen MR) is 112 cm³/mol. The van der Waals surface area contributed by atoms with Crippen LogP contribution >= 0.6 is 0 Å².